The Labute approximate surface area is 210 Å². The average Bonchev–Trinajstić information content (AvgIpc) is 2.90. The van der Waals surface area contributed by atoms with Crippen LogP contribution in [-0.2, 0) is 17.5 Å². The van der Waals surface area contributed by atoms with Crippen molar-refractivity contribution in [3.63, 3.8) is 0 Å². The molecule has 0 amide bonds. The fourth-order valence-electron chi connectivity index (χ4n) is 3.91. The van der Waals surface area contributed by atoms with Crippen molar-refractivity contribution in [1.29, 1.82) is 0 Å². The average molecular weight is 514 g/mol. The number of carbonyl (C=O) groups is 1. The molecular formula is C27H36F5N3O. The highest BCUT2D eigenvalue weighted by Gasteiger charge is 2.29. The molecule has 0 bridgehead atoms. The standard InChI is InChI=1S/C20H24F3N3.C7H12F2O/c1-24-18-10-9-17(13-19(18)26-11-3-2-4-12-26)25-14-15-5-7-16(8-6-15)20(21,22)23;1-2-3-4-6(8)7(9)5-10/h5-10,13,24-25H,2-4,11-12,14H2,1H3;5-7H,2-4H2,1H3. The van der Waals surface area contributed by atoms with Crippen molar-refractivity contribution in [2.45, 2.75) is 70.5 Å². The van der Waals surface area contributed by atoms with Crippen LogP contribution in [0.15, 0.2) is 42.5 Å². The van der Waals surface area contributed by atoms with E-state index in [0.717, 1.165) is 48.6 Å². The van der Waals surface area contributed by atoms with Crippen LogP contribution in [0.2, 0.25) is 0 Å². The van der Waals surface area contributed by atoms with Crippen LogP contribution >= 0.6 is 0 Å². The number of hydrogen-bond acceptors (Lipinski definition) is 4. The molecule has 1 heterocycles. The second kappa shape index (κ2) is 14.7. The van der Waals surface area contributed by atoms with E-state index < -0.39 is 24.1 Å². The lowest BCUT2D eigenvalue weighted by molar-refractivity contribution is -0.137. The Morgan fingerprint density at radius 3 is 2.25 bits per heavy atom. The van der Waals surface area contributed by atoms with Crippen molar-refractivity contribution in [1.82, 2.24) is 0 Å². The Hall–Kier alpha value is -2.84. The maximum Gasteiger partial charge on any atom is 0.416 e. The van der Waals surface area contributed by atoms with Gasteiger partial charge in [-0.2, -0.15) is 13.2 Å². The van der Waals surface area contributed by atoms with Crippen LogP contribution < -0.4 is 15.5 Å². The van der Waals surface area contributed by atoms with E-state index in [9.17, 15) is 26.7 Å². The molecule has 0 radical (unpaired) electrons. The topological polar surface area (TPSA) is 44.4 Å². The van der Waals surface area contributed by atoms with Gasteiger partial charge in [0, 0.05) is 32.4 Å². The van der Waals surface area contributed by atoms with E-state index in [1.165, 1.54) is 37.1 Å². The number of anilines is 3. The third kappa shape index (κ3) is 9.32. The summed E-state index contributed by atoms with van der Waals surface area (Å²) in [7, 11) is 1.91. The van der Waals surface area contributed by atoms with Crippen LogP contribution in [0.25, 0.3) is 0 Å². The second-order valence-corrected chi connectivity index (χ2v) is 8.82. The zero-order valence-corrected chi connectivity index (χ0v) is 20.9. The molecule has 200 valence electrons. The van der Waals surface area contributed by atoms with E-state index in [4.69, 9.17) is 0 Å². The zero-order chi connectivity index (χ0) is 26.6. The molecule has 36 heavy (non-hydrogen) atoms. The first kappa shape index (κ1) is 29.4. The summed E-state index contributed by atoms with van der Waals surface area (Å²) < 4.78 is 62.4. The Morgan fingerprint density at radius 1 is 1.03 bits per heavy atom. The van der Waals surface area contributed by atoms with Gasteiger partial charge in [-0.05, 0) is 61.6 Å². The smallest absolute Gasteiger partial charge is 0.386 e. The Morgan fingerprint density at radius 2 is 1.69 bits per heavy atom. The van der Waals surface area contributed by atoms with E-state index in [1.54, 1.807) is 0 Å². The van der Waals surface area contributed by atoms with Crippen molar-refractivity contribution in [3.8, 4) is 0 Å². The van der Waals surface area contributed by atoms with Crippen molar-refractivity contribution in [3.05, 3.63) is 53.6 Å². The molecule has 3 rings (SSSR count). The van der Waals surface area contributed by atoms with E-state index in [1.807, 2.05) is 26.1 Å². The number of benzene rings is 2. The first-order chi connectivity index (χ1) is 17.2. The number of piperidine rings is 1. The third-order valence-corrected chi connectivity index (χ3v) is 6.05. The van der Waals surface area contributed by atoms with Gasteiger partial charge >= 0.3 is 6.18 Å². The van der Waals surface area contributed by atoms with Crippen molar-refractivity contribution < 1.29 is 26.7 Å². The zero-order valence-electron chi connectivity index (χ0n) is 20.9. The number of rotatable bonds is 10. The van der Waals surface area contributed by atoms with Gasteiger partial charge in [0.05, 0.1) is 16.9 Å². The number of alkyl halides is 5. The monoisotopic (exact) mass is 513 g/mol. The quantitative estimate of drug-likeness (QED) is 0.257. The van der Waals surface area contributed by atoms with Gasteiger partial charge in [0.1, 0.15) is 6.17 Å². The summed E-state index contributed by atoms with van der Waals surface area (Å²) in [6.45, 7) is 4.48. The molecule has 2 aromatic carbocycles. The number of nitrogens with one attached hydrogen (secondary N) is 2. The molecule has 0 spiro atoms. The minimum Gasteiger partial charge on any atom is -0.386 e. The summed E-state index contributed by atoms with van der Waals surface area (Å²) in [5.41, 5.74) is 3.42. The molecule has 1 saturated heterocycles. The number of unbranched alkanes of at least 4 members (excludes halogenated alkanes) is 1. The lowest BCUT2D eigenvalue weighted by Crippen LogP contribution is -2.30. The molecule has 9 heteroatoms. The molecule has 0 saturated carbocycles. The Balaban J connectivity index is 0.000000388. The lowest BCUT2D eigenvalue weighted by Gasteiger charge is -2.31. The highest BCUT2D eigenvalue weighted by Crippen LogP contribution is 2.32. The fourth-order valence-corrected chi connectivity index (χ4v) is 3.91. The van der Waals surface area contributed by atoms with Gasteiger partial charge in [-0.1, -0.05) is 31.9 Å². The van der Waals surface area contributed by atoms with Gasteiger partial charge in [0.15, 0.2) is 12.5 Å². The van der Waals surface area contributed by atoms with E-state index in [-0.39, 0.29) is 12.7 Å². The Bertz CT molecular complexity index is 915. The maximum atomic E-state index is 12.6. The number of nitrogens with zero attached hydrogens (tertiary/aromatic N) is 1. The molecule has 1 aliphatic heterocycles. The first-order valence-corrected chi connectivity index (χ1v) is 12.4. The van der Waals surface area contributed by atoms with E-state index in [2.05, 4.69) is 21.6 Å². The SMILES string of the molecule is CCCCC(F)C(F)C=O.CNc1ccc(NCc2ccc(C(F)(F)F)cc2)cc1N1CCCCC1. The van der Waals surface area contributed by atoms with Gasteiger partial charge in [-0.15, -0.1) is 0 Å². The van der Waals surface area contributed by atoms with Crippen LogP contribution in [0.1, 0.15) is 56.6 Å². The molecule has 2 atom stereocenters. The van der Waals surface area contributed by atoms with Crippen molar-refractivity contribution in [2.75, 3.05) is 35.7 Å². The lowest BCUT2D eigenvalue weighted by atomic mass is 10.1. The predicted molar refractivity (Wildman–Crippen MR) is 136 cm³/mol. The van der Waals surface area contributed by atoms with Gasteiger partial charge in [-0.25, -0.2) is 8.78 Å². The number of carbonyl (C=O) groups excluding carboxylic acids is 1. The minimum atomic E-state index is -4.29. The van der Waals surface area contributed by atoms with Gasteiger partial charge in [0.25, 0.3) is 0 Å². The van der Waals surface area contributed by atoms with Gasteiger partial charge < -0.3 is 15.5 Å². The molecule has 0 aliphatic carbocycles. The summed E-state index contributed by atoms with van der Waals surface area (Å²) in [4.78, 5) is 12.1. The predicted octanol–water partition coefficient (Wildman–Crippen LogP) is 7.40. The molecule has 4 nitrogen and oxygen atoms in total. The number of aldehydes is 1. The molecule has 2 unspecified atom stereocenters. The first-order valence-electron chi connectivity index (χ1n) is 12.4. The Kier molecular flexibility index (Phi) is 12.0. The third-order valence-electron chi connectivity index (χ3n) is 6.05. The molecule has 0 aromatic heterocycles. The minimum absolute atomic E-state index is 0.0142. The molecule has 1 fully saturated rings. The van der Waals surface area contributed by atoms with Crippen molar-refractivity contribution in [2.24, 2.45) is 0 Å². The molecule has 1 aliphatic rings. The van der Waals surface area contributed by atoms with Crippen LogP contribution in [0.5, 0.6) is 0 Å². The van der Waals surface area contributed by atoms with E-state index in [0.29, 0.717) is 13.0 Å². The summed E-state index contributed by atoms with van der Waals surface area (Å²) in [6, 6.07) is 11.4. The van der Waals surface area contributed by atoms with Crippen LogP contribution in [0, 0.1) is 0 Å². The van der Waals surface area contributed by atoms with Gasteiger partial charge in [-0.3, -0.25) is 4.79 Å². The molecular weight excluding hydrogens is 477 g/mol. The second-order valence-electron chi connectivity index (χ2n) is 8.82. The number of hydrogen-bond donors (Lipinski definition) is 2. The molecule has 2 aromatic rings. The van der Waals surface area contributed by atoms with Crippen molar-refractivity contribution >= 4 is 23.3 Å². The van der Waals surface area contributed by atoms with Crippen LogP contribution in [-0.4, -0.2) is 38.8 Å². The van der Waals surface area contributed by atoms with Crippen LogP contribution in [0.4, 0.5) is 39.0 Å². The highest BCUT2D eigenvalue weighted by molar-refractivity contribution is 5.75. The largest absolute Gasteiger partial charge is 0.416 e. The summed E-state index contributed by atoms with van der Waals surface area (Å²) >= 11 is 0. The van der Waals surface area contributed by atoms with Crippen LogP contribution in [0.3, 0.4) is 0 Å². The fraction of sp³-hybridized carbons (Fsp3) is 0.519. The maximum absolute atomic E-state index is 12.6. The van der Waals surface area contributed by atoms with Gasteiger partial charge in [0.2, 0.25) is 0 Å². The molecule has 2 N–H and O–H groups in total. The highest BCUT2D eigenvalue weighted by atomic mass is 19.4. The summed E-state index contributed by atoms with van der Waals surface area (Å²) in [5, 5.41) is 6.55. The van der Waals surface area contributed by atoms with E-state index >= 15 is 0 Å². The summed E-state index contributed by atoms with van der Waals surface area (Å²) in [6.07, 6.45) is -2.52. The number of halogens is 5. The summed E-state index contributed by atoms with van der Waals surface area (Å²) in [5.74, 6) is 0. The normalized spacial score (nSPS) is 15.4.